The number of anilines is 1. The molecule has 1 unspecified atom stereocenters. The van der Waals surface area contributed by atoms with E-state index < -0.39 is 15.9 Å². The Bertz CT molecular complexity index is 1410. The number of hydrogen-bond acceptors (Lipinski definition) is 5. The van der Waals surface area contributed by atoms with Gasteiger partial charge in [0.15, 0.2) is 10.7 Å². The maximum Gasteiger partial charge on any atom is 0.248 e. The Kier molecular flexibility index (Phi) is 7.68. The molecule has 1 N–H and O–H groups in total. The molecule has 1 aromatic heterocycles. The molecule has 2 aromatic carbocycles. The number of carbonyl (C=O) groups excluding carboxylic acids is 1. The van der Waals surface area contributed by atoms with E-state index >= 15 is 0 Å². The smallest absolute Gasteiger partial charge is 0.248 e. The number of rotatable bonds is 6. The number of halogens is 1. The Hall–Kier alpha value is -2.94. The van der Waals surface area contributed by atoms with Gasteiger partial charge in [0.05, 0.1) is 16.6 Å². The molecule has 0 bridgehead atoms. The first kappa shape index (κ1) is 26.1. The number of piperidine rings is 1. The van der Waals surface area contributed by atoms with E-state index in [2.05, 4.69) is 22.6 Å². The van der Waals surface area contributed by atoms with E-state index in [9.17, 15) is 13.2 Å². The van der Waals surface area contributed by atoms with Gasteiger partial charge in [-0.3, -0.25) is 4.79 Å². The number of amides is 1. The van der Waals surface area contributed by atoms with Crippen molar-refractivity contribution in [1.29, 1.82) is 0 Å². The predicted octanol–water partition coefficient (Wildman–Crippen LogP) is 5.77. The quantitative estimate of drug-likeness (QED) is 0.439. The van der Waals surface area contributed by atoms with E-state index in [-0.39, 0.29) is 28.8 Å². The standard InChI is InChI=1S/C27H30ClN3O4S/c1-17-14-18(2)22(19(3)15-17)11-12-25-26(20(4)30-35-25)36(33,34)31-13-7-8-21(16-31)27(32)29-24-10-6-5-9-23(24)28/h5-6,9-12,14-15,21H,7-8,13,16H2,1-4H3,(H,29,32)/b12-11+. The minimum absolute atomic E-state index is 0.0355. The number of nitrogens with one attached hydrogen (secondary N) is 1. The summed E-state index contributed by atoms with van der Waals surface area (Å²) in [7, 11) is -3.94. The normalized spacial score (nSPS) is 17.0. The van der Waals surface area contributed by atoms with Crippen molar-refractivity contribution in [1.82, 2.24) is 9.46 Å². The van der Waals surface area contributed by atoms with Gasteiger partial charge in [-0.25, -0.2) is 8.42 Å². The maximum atomic E-state index is 13.7. The fraction of sp³-hybridized carbons (Fsp3) is 0.333. The Balaban J connectivity index is 1.57. The molecule has 1 amide bonds. The van der Waals surface area contributed by atoms with Crippen LogP contribution in [0.4, 0.5) is 5.69 Å². The van der Waals surface area contributed by atoms with E-state index in [0.717, 1.165) is 16.7 Å². The average Bonchev–Trinajstić information content (AvgIpc) is 3.21. The van der Waals surface area contributed by atoms with Crippen molar-refractivity contribution in [3.63, 3.8) is 0 Å². The fourth-order valence-electron chi connectivity index (χ4n) is 4.71. The number of aryl methyl sites for hydroxylation is 4. The lowest BCUT2D eigenvalue weighted by Gasteiger charge is -2.31. The lowest BCUT2D eigenvalue weighted by Crippen LogP contribution is -2.43. The summed E-state index contributed by atoms with van der Waals surface area (Å²) >= 11 is 6.17. The second-order valence-electron chi connectivity index (χ2n) is 9.28. The molecule has 0 aliphatic carbocycles. The molecule has 7 nitrogen and oxygen atoms in total. The van der Waals surface area contributed by atoms with Gasteiger partial charge in [-0.15, -0.1) is 0 Å². The van der Waals surface area contributed by atoms with Gasteiger partial charge in [0.2, 0.25) is 15.9 Å². The number of carbonyl (C=O) groups is 1. The molecule has 2 heterocycles. The average molecular weight is 528 g/mol. The first-order valence-electron chi connectivity index (χ1n) is 11.9. The summed E-state index contributed by atoms with van der Waals surface area (Å²) in [6.45, 7) is 8.08. The van der Waals surface area contributed by atoms with Crippen LogP contribution in [0.1, 0.15) is 46.5 Å². The van der Waals surface area contributed by atoms with E-state index in [1.165, 1.54) is 9.87 Å². The molecule has 9 heteroatoms. The second kappa shape index (κ2) is 10.6. The van der Waals surface area contributed by atoms with E-state index in [0.29, 0.717) is 30.1 Å². The summed E-state index contributed by atoms with van der Waals surface area (Å²) in [5, 5.41) is 7.20. The number of hydrogen-bond donors (Lipinski definition) is 1. The molecule has 0 spiro atoms. The summed E-state index contributed by atoms with van der Waals surface area (Å²) in [5.41, 5.74) is 5.15. The Morgan fingerprint density at radius 2 is 1.83 bits per heavy atom. The van der Waals surface area contributed by atoms with Crippen LogP contribution in [0.15, 0.2) is 45.8 Å². The third kappa shape index (κ3) is 5.40. The molecule has 4 rings (SSSR count). The summed E-state index contributed by atoms with van der Waals surface area (Å²) < 4.78 is 34.2. The minimum atomic E-state index is -3.94. The predicted molar refractivity (Wildman–Crippen MR) is 142 cm³/mol. The number of sulfonamides is 1. The third-order valence-electron chi connectivity index (χ3n) is 6.46. The highest BCUT2D eigenvalue weighted by atomic mass is 35.5. The zero-order valence-corrected chi connectivity index (χ0v) is 22.4. The Morgan fingerprint density at radius 3 is 2.53 bits per heavy atom. The minimum Gasteiger partial charge on any atom is -0.355 e. The van der Waals surface area contributed by atoms with Crippen LogP contribution in [0.25, 0.3) is 12.2 Å². The highest BCUT2D eigenvalue weighted by molar-refractivity contribution is 7.89. The number of para-hydroxylation sites is 1. The first-order chi connectivity index (χ1) is 17.1. The molecule has 190 valence electrons. The van der Waals surface area contributed by atoms with Gasteiger partial charge in [0, 0.05) is 13.1 Å². The first-order valence-corrected chi connectivity index (χ1v) is 13.7. The van der Waals surface area contributed by atoms with Crippen molar-refractivity contribution in [2.24, 2.45) is 5.92 Å². The highest BCUT2D eigenvalue weighted by Crippen LogP contribution is 2.31. The maximum absolute atomic E-state index is 13.7. The van der Waals surface area contributed by atoms with Crippen LogP contribution in [0.2, 0.25) is 5.02 Å². The molecule has 1 fully saturated rings. The SMILES string of the molecule is Cc1cc(C)c(/C=C/c2onc(C)c2S(=O)(=O)N2CCCC(C(=O)Nc3ccccc3Cl)C2)c(C)c1. The molecule has 3 aromatic rings. The van der Waals surface area contributed by atoms with Crippen molar-refractivity contribution in [2.45, 2.75) is 45.4 Å². The summed E-state index contributed by atoms with van der Waals surface area (Å²) in [4.78, 5) is 13.0. The number of nitrogens with zero attached hydrogens (tertiary/aromatic N) is 2. The van der Waals surface area contributed by atoms with Gasteiger partial charge in [-0.1, -0.05) is 52.7 Å². The molecule has 0 saturated carbocycles. The van der Waals surface area contributed by atoms with Gasteiger partial charge >= 0.3 is 0 Å². The van der Waals surface area contributed by atoms with Crippen LogP contribution in [-0.4, -0.2) is 36.9 Å². The number of benzene rings is 2. The van der Waals surface area contributed by atoms with Crippen molar-refractivity contribution in [3.8, 4) is 0 Å². The Morgan fingerprint density at radius 1 is 1.14 bits per heavy atom. The van der Waals surface area contributed by atoms with Gasteiger partial charge in [-0.05, 0) is 75.4 Å². The molecular formula is C27H30ClN3O4S. The van der Waals surface area contributed by atoms with Crippen LogP contribution in [0, 0.1) is 33.6 Å². The number of aromatic nitrogens is 1. The van der Waals surface area contributed by atoms with Gasteiger partial charge < -0.3 is 9.84 Å². The van der Waals surface area contributed by atoms with Crippen molar-refractivity contribution in [3.05, 3.63) is 75.1 Å². The monoisotopic (exact) mass is 527 g/mol. The van der Waals surface area contributed by atoms with E-state index in [1.54, 1.807) is 37.3 Å². The second-order valence-corrected chi connectivity index (χ2v) is 11.6. The zero-order valence-electron chi connectivity index (χ0n) is 20.8. The summed E-state index contributed by atoms with van der Waals surface area (Å²) in [5.74, 6) is -0.577. The van der Waals surface area contributed by atoms with Gasteiger partial charge in [-0.2, -0.15) is 4.31 Å². The largest absolute Gasteiger partial charge is 0.355 e. The van der Waals surface area contributed by atoms with E-state index in [1.807, 2.05) is 26.8 Å². The van der Waals surface area contributed by atoms with Crippen LogP contribution in [0.3, 0.4) is 0 Å². The van der Waals surface area contributed by atoms with Gasteiger partial charge in [0.1, 0.15) is 5.69 Å². The fourth-order valence-corrected chi connectivity index (χ4v) is 6.67. The highest BCUT2D eigenvalue weighted by Gasteiger charge is 2.37. The Labute approximate surface area is 217 Å². The van der Waals surface area contributed by atoms with Gasteiger partial charge in [0.25, 0.3) is 0 Å². The summed E-state index contributed by atoms with van der Waals surface area (Å²) in [6.07, 6.45) is 4.67. The molecule has 1 atom stereocenters. The van der Waals surface area contributed by atoms with Crippen LogP contribution in [-0.2, 0) is 14.8 Å². The van der Waals surface area contributed by atoms with Crippen molar-refractivity contribution in [2.75, 3.05) is 18.4 Å². The lowest BCUT2D eigenvalue weighted by molar-refractivity contribution is -0.120. The lowest BCUT2D eigenvalue weighted by atomic mass is 9.99. The van der Waals surface area contributed by atoms with Crippen LogP contribution in [0.5, 0.6) is 0 Å². The van der Waals surface area contributed by atoms with Crippen molar-refractivity contribution < 1.29 is 17.7 Å². The molecule has 1 saturated heterocycles. The molecule has 1 aliphatic rings. The van der Waals surface area contributed by atoms with Crippen molar-refractivity contribution >= 4 is 45.4 Å². The third-order valence-corrected chi connectivity index (χ3v) is 8.81. The molecule has 0 radical (unpaired) electrons. The molecule has 1 aliphatic heterocycles. The van der Waals surface area contributed by atoms with Crippen LogP contribution >= 0.6 is 11.6 Å². The van der Waals surface area contributed by atoms with Crippen LogP contribution < -0.4 is 5.32 Å². The zero-order chi connectivity index (χ0) is 26.0. The van der Waals surface area contributed by atoms with E-state index in [4.69, 9.17) is 16.1 Å². The molecular weight excluding hydrogens is 498 g/mol. The summed E-state index contributed by atoms with van der Waals surface area (Å²) in [6, 6.07) is 11.1. The molecule has 36 heavy (non-hydrogen) atoms. The topological polar surface area (TPSA) is 92.5 Å².